The summed E-state index contributed by atoms with van der Waals surface area (Å²) in [6, 6.07) is 10.1. The molecule has 0 aliphatic carbocycles. The minimum Gasteiger partial charge on any atom is -0.486 e. The van der Waals surface area contributed by atoms with Gasteiger partial charge in [-0.3, -0.25) is 0 Å². The van der Waals surface area contributed by atoms with Crippen molar-refractivity contribution in [2.45, 2.75) is 16.7 Å². The van der Waals surface area contributed by atoms with E-state index in [9.17, 15) is 8.42 Å². The van der Waals surface area contributed by atoms with Gasteiger partial charge in [0.15, 0.2) is 22.6 Å². The Hall–Kier alpha value is -2.55. The van der Waals surface area contributed by atoms with E-state index < -0.39 is 9.84 Å². The highest BCUT2D eigenvalue weighted by Crippen LogP contribution is 2.40. The molecule has 2 N–H and O–H groups in total. The molecular formula is C23H26ClN3O4S+2. The van der Waals surface area contributed by atoms with E-state index in [2.05, 4.69) is 16.8 Å². The van der Waals surface area contributed by atoms with Gasteiger partial charge in [-0.2, -0.15) is 0 Å². The Bertz CT molecular complexity index is 1260. The maximum Gasteiger partial charge on any atom is 0.217 e. The third kappa shape index (κ3) is 3.76. The number of benzene rings is 2. The Morgan fingerprint density at radius 1 is 1.06 bits per heavy atom. The molecule has 1 aromatic heterocycles. The van der Waals surface area contributed by atoms with Crippen LogP contribution in [-0.2, 0) is 9.84 Å². The molecule has 2 aliphatic rings. The second-order valence-corrected chi connectivity index (χ2v) is 10.4. The lowest BCUT2D eigenvalue weighted by atomic mass is 10.1. The minimum absolute atomic E-state index is 0.214. The number of likely N-dealkylation sites (N-methyl/N-ethyl adjacent to an activating group) is 1. The third-order valence-corrected chi connectivity index (χ3v) is 8.26. The number of pyridine rings is 1. The van der Waals surface area contributed by atoms with Gasteiger partial charge in [-0.25, -0.2) is 13.4 Å². The SMILES string of the molecule is CC[NH+]1CCN(c2c(S(=O)(=O)c3ccc(Cl)cc3)c[nH+]c3cc4c(cc23)OCCO4)CC1. The zero-order chi connectivity index (χ0) is 22.3. The van der Waals surface area contributed by atoms with Crippen molar-refractivity contribution in [2.75, 3.05) is 50.8 Å². The van der Waals surface area contributed by atoms with Crippen molar-refractivity contribution in [3.05, 3.63) is 47.6 Å². The van der Waals surface area contributed by atoms with Crippen LogP contribution in [0, 0.1) is 0 Å². The second-order valence-electron chi connectivity index (χ2n) is 8.09. The fourth-order valence-corrected chi connectivity index (χ4v) is 6.00. The first-order valence-electron chi connectivity index (χ1n) is 10.8. The average Bonchev–Trinajstić information content (AvgIpc) is 2.82. The molecule has 3 aromatic rings. The number of anilines is 1. The van der Waals surface area contributed by atoms with E-state index in [1.807, 2.05) is 12.1 Å². The van der Waals surface area contributed by atoms with E-state index in [0.717, 1.165) is 43.6 Å². The van der Waals surface area contributed by atoms with E-state index in [0.29, 0.717) is 35.4 Å². The highest BCUT2D eigenvalue weighted by Gasteiger charge is 2.32. The van der Waals surface area contributed by atoms with Gasteiger partial charge in [0.2, 0.25) is 15.4 Å². The highest BCUT2D eigenvalue weighted by atomic mass is 35.5. The number of quaternary nitrogens is 1. The lowest BCUT2D eigenvalue weighted by Crippen LogP contribution is -3.14. The lowest BCUT2D eigenvalue weighted by molar-refractivity contribution is -0.898. The van der Waals surface area contributed by atoms with E-state index in [1.165, 1.54) is 4.90 Å². The van der Waals surface area contributed by atoms with E-state index >= 15 is 0 Å². The monoisotopic (exact) mass is 475 g/mol. The van der Waals surface area contributed by atoms with Gasteiger partial charge < -0.3 is 19.3 Å². The fourth-order valence-electron chi connectivity index (χ4n) is 4.42. The van der Waals surface area contributed by atoms with Crippen molar-refractivity contribution in [1.82, 2.24) is 0 Å². The molecule has 3 heterocycles. The van der Waals surface area contributed by atoms with Crippen molar-refractivity contribution in [2.24, 2.45) is 0 Å². The van der Waals surface area contributed by atoms with Gasteiger partial charge in [-0.1, -0.05) is 11.6 Å². The number of ether oxygens (including phenoxy) is 2. The molecule has 0 bridgehead atoms. The smallest absolute Gasteiger partial charge is 0.217 e. The summed E-state index contributed by atoms with van der Waals surface area (Å²) < 4.78 is 39.0. The van der Waals surface area contributed by atoms with Crippen LogP contribution in [0.4, 0.5) is 5.69 Å². The van der Waals surface area contributed by atoms with Gasteiger partial charge in [-0.15, -0.1) is 0 Å². The number of aromatic nitrogens is 1. The largest absolute Gasteiger partial charge is 0.486 e. The maximum atomic E-state index is 13.7. The van der Waals surface area contributed by atoms with Crippen molar-refractivity contribution in [3.8, 4) is 11.5 Å². The molecule has 1 saturated heterocycles. The summed E-state index contributed by atoms with van der Waals surface area (Å²) in [6.07, 6.45) is 1.59. The van der Waals surface area contributed by atoms with Crippen molar-refractivity contribution in [3.63, 3.8) is 0 Å². The minimum atomic E-state index is -3.78. The topological polar surface area (TPSA) is 74.4 Å². The Morgan fingerprint density at radius 3 is 2.38 bits per heavy atom. The van der Waals surface area contributed by atoms with Crippen LogP contribution in [0.3, 0.4) is 0 Å². The van der Waals surface area contributed by atoms with Gasteiger partial charge >= 0.3 is 0 Å². The van der Waals surface area contributed by atoms with E-state index in [-0.39, 0.29) is 9.79 Å². The highest BCUT2D eigenvalue weighted by molar-refractivity contribution is 7.91. The molecule has 7 nitrogen and oxygen atoms in total. The molecule has 0 atom stereocenters. The molecule has 5 rings (SSSR count). The number of halogens is 1. The number of nitrogens with zero attached hydrogens (tertiary/aromatic N) is 1. The van der Waals surface area contributed by atoms with Crippen LogP contribution in [0.1, 0.15) is 6.92 Å². The first kappa shape index (κ1) is 21.3. The van der Waals surface area contributed by atoms with Crippen molar-refractivity contribution >= 4 is 38.0 Å². The number of H-pyrrole nitrogens is 1. The summed E-state index contributed by atoms with van der Waals surface area (Å²) in [5.41, 5.74) is 1.52. The van der Waals surface area contributed by atoms with Crippen LogP contribution in [0.15, 0.2) is 52.4 Å². The number of aromatic amines is 1. The Morgan fingerprint density at radius 2 is 1.72 bits per heavy atom. The van der Waals surface area contributed by atoms with E-state index in [1.54, 1.807) is 30.5 Å². The predicted molar refractivity (Wildman–Crippen MR) is 122 cm³/mol. The van der Waals surface area contributed by atoms with Gasteiger partial charge in [-0.05, 0) is 31.2 Å². The molecule has 9 heteroatoms. The van der Waals surface area contributed by atoms with Crippen LogP contribution in [0.5, 0.6) is 11.5 Å². The number of sulfone groups is 1. The third-order valence-electron chi connectivity index (χ3n) is 6.23. The summed E-state index contributed by atoms with van der Waals surface area (Å²) in [4.78, 5) is 7.36. The molecule has 32 heavy (non-hydrogen) atoms. The molecule has 168 valence electrons. The first-order chi connectivity index (χ1) is 15.5. The fraction of sp³-hybridized carbons (Fsp3) is 0.348. The number of fused-ring (bicyclic) bond motifs is 2. The number of hydrogen-bond donors (Lipinski definition) is 1. The molecule has 2 aliphatic heterocycles. The van der Waals surface area contributed by atoms with Gasteiger partial charge in [0.1, 0.15) is 13.2 Å². The van der Waals surface area contributed by atoms with Crippen molar-refractivity contribution in [1.29, 1.82) is 0 Å². The van der Waals surface area contributed by atoms with Crippen LogP contribution >= 0.6 is 11.6 Å². The number of hydrogen-bond acceptors (Lipinski definition) is 5. The standard InChI is InChI=1S/C23H24ClN3O4S/c1-2-26-7-9-27(10-8-26)23-18-13-20-21(31-12-11-30-20)14-19(18)25-15-22(23)32(28,29)17-5-3-16(24)4-6-17/h3-6,13-15H,2,7-12H2,1H3/p+2. The Labute approximate surface area is 192 Å². The summed E-state index contributed by atoms with van der Waals surface area (Å²) in [5, 5.41) is 1.31. The van der Waals surface area contributed by atoms with E-state index in [4.69, 9.17) is 21.1 Å². The van der Waals surface area contributed by atoms with Gasteiger partial charge in [0.25, 0.3) is 0 Å². The summed E-state index contributed by atoms with van der Waals surface area (Å²) in [6.45, 7) is 7.68. The quantitative estimate of drug-likeness (QED) is 0.621. The average molecular weight is 476 g/mol. The predicted octanol–water partition coefficient (Wildman–Crippen LogP) is 1.64. The molecule has 0 unspecified atom stereocenters. The van der Waals surface area contributed by atoms with Crippen LogP contribution in [0.25, 0.3) is 10.9 Å². The van der Waals surface area contributed by atoms with Crippen molar-refractivity contribution < 1.29 is 27.8 Å². The zero-order valence-electron chi connectivity index (χ0n) is 17.9. The lowest BCUT2D eigenvalue weighted by Gasteiger charge is -2.34. The summed E-state index contributed by atoms with van der Waals surface area (Å²) in [7, 11) is -3.78. The molecule has 0 radical (unpaired) electrons. The Balaban J connectivity index is 1.70. The number of piperazine rings is 1. The number of nitrogens with one attached hydrogen (secondary N) is 2. The van der Waals surface area contributed by atoms with Crippen LogP contribution < -0.4 is 24.3 Å². The van der Waals surface area contributed by atoms with Gasteiger partial charge in [0, 0.05) is 11.1 Å². The maximum absolute atomic E-state index is 13.7. The number of rotatable bonds is 4. The molecule has 1 fully saturated rings. The molecule has 2 aromatic carbocycles. The second kappa shape index (κ2) is 8.42. The molecular weight excluding hydrogens is 450 g/mol. The van der Waals surface area contributed by atoms with Gasteiger partial charge in [0.05, 0.1) is 54.8 Å². The van der Waals surface area contributed by atoms with Crippen LogP contribution in [-0.4, -0.2) is 54.4 Å². The first-order valence-corrected chi connectivity index (χ1v) is 12.7. The summed E-state index contributed by atoms with van der Waals surface area (Å²) >= 11 is 6.00. The molecule has 0 amide bonds. The Kier molecular flexibility index (Phi) is 5.61. The normalized spacial score (nSPS) is 17.0. The summed E-state index contributed by atoms with van der Waals surface area (Å²) in [5.74, 6) is 1.30. The molecule has 0 saturated carbocycles. The molecule has 0 spiro atoms. The zero-order valence-corrected chi connectivity index (χ0v) is 19.4. The van der Waals surface area contributed by atoms with Crippen LogP contribution in [0.2, 0.25) is 5.02 Å².